The average molecular weight is 188 g/mol. The second kappa shape index (κ2) is 5.15. The maximum Gasteiger partial charge on any atom is 0.178 e. The fourth-order valence-corrected chi connectivity index (χ4v) is 0.924. The van der Waals surface area contributed by atoms with Crippen molar-refractivity contribution in [3.63, 3.8) is 0 Å². The van der Waals surface area contributed by atoms with Crippen molar-refractivity contribution in [3.05, 3.63) is 29.6 Å². The van der Waals surface area contributed by atoms with Gasteiger partial charge in [-0.3, -0.25) is 4.79 Å². The van der Waals surface area contributed by atoms with Crippen LogP contribution in [0.15, 0.2) is 18.2 Å². The number of nitrogens with one attached hydrogen (secondary N) is 1. The largest absolute Gasteiger partial charge is 0.309 e. The third-order valence-corrected chi connectivity index (χ3v) is 1.59. The van der Waals surface area contributed by atoms with Crippen LogP contribution in [0, 0.1) is 11.8 Å². The first kappa shape index (κ1) is 10.4. The van der Waals surface area contributed by atoms with Gasteiger partial charge in [0.05, 0.1) is 6.54 Å². The average Bonchev–Trinajstić information content (AvgIpc) is 2.19. The third kappa shape index (κ3) is 3.00. The Labute approximate surface area is 83.6 Å². The Morgan fingerprint density at radius 2 is 2.36 bits per heavy atom. The summed E-state index contributed by atoms with van der Waals surface area (Å²) in [6.07, 6.45) is 0. The lowest BCUT2D eigenvalue weighted by Gasteiger charge is -1.94. The molecule has 1 rings (SSSR count). The van der Waals surface area contributed by atoms with E-state index in [2.05, 4.69) is 22.1 Å². The molecule has 14 heavy (non-hydrogen) atoms. The maximum absolute atomic E-state index is 11.0. The summed E-state index contributed by atoms with van der Waals surface area (Å²) in [5.41, 5.74) is 1.09. The lowest BCUT2D eigenvalue weighted by Crippen LogP contribution is -2.04. The number of nitrogens with zero attached hydrogens (tertiary/aromatic N) is 1. The van der Waals surface area contributed by atoms with Crippen LogP contribution in [0.1, 0.15) is 23.1 Å². The van der Waals surface area contributed by atoms with E-state index in [1.807, 2.05) is 7.05 Å². The van der Waals surface area contributed by atoms with Gasteiger partial charge in [-0.2, -0.15) is 0 Å². The molecule has 0 unspecified atom stereocenters. The van der Waals surface area contributed by atoms with E-state index in [0.29, 0.717) is 17.9 Å². The van der Waals surface area contributed by atoms with Crippen molar-refractivity contribution in [3.8, 4) is 11.8 Å². The molecule has 72 valence electrons. The Balaban J connectivity index is 2.85. The van der Waals surface area contributed by atoms with Gasteiger partial charge in [-0.05, 0) is 25.1 Å². The number of aromatic nitrogens is 1. The van der Waals surface area contributed by atoms with E-state index >= 15 is 0 Å². The van der Waals surface area contributed by atoms with E-state index in [1.54, 1.807) is 18.2 Å². The van der Waals surface area contributed by atoms with Crippen molar-refractivity contribution in [2.24, 2.45) is 0 Å². The van der Waals surface area contributed by atoms with Gasteiger partial charge in [-0.15, -0.1) is 0 Å². The van der Waals surface area contributed by atoms with E-state index in [0.717, 1.165) is 0 Å². The normalized spacial score (nSPS) is 9.00. The van der Waals surface area contributed by atoms with Gasteiger partial charge >= 0.3 is 0 Å². The highest BCUT2D eigenvalue weighted by Crippen LogP contribution is 1.98. The Hall–Kier alpha value is -1.66. The number of carbonyl (C=O) groups excluding carboxylic acids is 1. The molecule has 0 fully saturated rings. The summed E-state index contributed by atoms with van der Waals surface area (Å²) in [6.45, 7) is 2.11. The van der Waals surface area contributed by atoms with E-state index in [1.165, 1.54) is 6.92 Å². The molecule has 1 heterocycles. The third-order valence-electron chi connectivity index (χ3n) is 1.59. The molecule has 1 aromatic rings. The first-order valence-corrected chi connectivity index (χ1v) is 4.35. The highest BCUT2D eigenvalue weighted by Gasteiger charge is 1.99. The molecule has 0 radical (unpaired) electrons. The molecule has 0 aliphatic rings. The summed E-state index contributed by atoms with van der Waals surface area (Å²) in [5, 5.41) is 2.91. The van der Waals surface area contributed by atoms with Gasteiger partial charge in [0.25, 0.3) is 0 Å². The van der Waals surface area contributed by atoms with Gasteiger partial charge in [0.2, 0.25) is 0 Å². The topological polar surface area (TPSA) is 42.0 Å². The number of pyridine rings is 1. The zero-order valence-electron chi connectivity index (χ0n) is 8.29. The van der Waals surface area contributed by atoms with Gasteiger partial charge in [0, 0.05) is 6.92 Å². The van der Waals surface area contributed by atoms with Crippen LogP contribution < -0.4 is 5.32 Å². The van der Waals surface area contributed by atoms with Crippen LogP contribution in [0.25, 0.3) is 0 Å². The molecule has 0 saturated carbocycles. The molecule has 0 aliphatic heterocycles. The van der Waals surface area contributed by atoms with Crippen LogP contribution in [0.4, 0.5) is 0 Å². The molecule has 0 saturated heterocycles. The number of carbonyl (C=O) groups is 1. The highest BCUT2D eigenvalue weighted by molar-refractivity contribution is 5.92. The number of hydrogen-bond donors (Lipinski definition) is 1. The SMILES string of the molecule is CNCC#Cc1cccc(C(C)=O)n1. The molecule has 0 aliphatic carbocycles. The predicted molar refractivity (Wildman–Crippen MR) is 55.0 cm³/mol. The minimum absolute atomic E-state index is 0.0396. The molecule has 0 atom stereocenters. The maximum atomic E-state index is 11.0. The molecule has 0 bridgehead atoms. The lowest BCUT2D eigenvalue weighted by molar-refractivity contribution is 0.101. The molecule has 1 N–H and O–H groups in total. The molecule has 0 amide bonds. The van der Waals surface area contributed by atoms with Crippen molar-refractivity contribution in [2.45, 2.75) is 6.92 Å². The Morgan fingerprint density at radius 3 is 3.00 bits per heavy atom. The fourth-order valence-electron chi connectivity index (χ4n) is 0.924. The minimum atomic E-state index is -0.0396. The summed E-state index contributed by atoms with van der Waals surface area (Å²) in [6, 6.07) is 5.26. The molecule has 1 aromatic heterocycles. The fraction of sp³-hybridized carbons (Fsp3) is 0.273. The van der Waals surface area contributed by atoms with Crippen molar-refractivity contribution >= 4 is 5.78 Å². The smallest absolute Gasteiger partial charge is 0.178 e. The first-order valence-electron chi connectivity index (χ1n) is 4.35. The van der Waals surface area contributed by atoms with Gasteiger partial charge in [0.15, 0.2) is 5.78 Å². The minimum Gasteiger partial charge on any atom is -0.309 e. The zero-order chi connectivity index (χ0) is 10.4. The van der Waals surface area contributed by atoms with Crippen LogP contribution in [0.2, 0.25) is 0 Å². The Bertz CT molecular complexity index is 388. The quantitative estimate of drug-likeness (QED) is 0.552. The summed E-state index contributed by atoms with van der Waals surface area (Å²) in [5.74, 6) is 5.71. The first-order chi connectivity index (χ1) is 6.74. The van der Waals surface area contributed by atoms with E-state index in [4.69, 9.17) is 0 Å². The standard InChI is InChI=1S/C11H12N2O/c1-9(14)11-7-3-5-10(13-11)6-4-8-12-2/h3,5,7,12H,8H2,1-2H3. The lowest BCUT2D eigenvalue weighted by atomic mass is 10.2. The van der Waals surface area contributed by atoms with E-state index in [9.17, 15) is 4.79 Å². The van der Waals surface area contributed by atoms with Crippen LogP contribution in [-0.2, 0) is 0 Å². The van der Waals surface area contributed by atoms with Gasteiger partial charge < -0.3 is 5.32 Å². The highest BCUT2D eigenvalue weighted by atomic mass is 16.1. The molecule has 0 spiro atoms. The number of hydrogen-bond acceptors (Lipinski definition) is 3. The van der Waals surface area contributed by atoms with Gasteiger partial charge in [-0.25, -0.2) is 4.98 Å². The molecular weight excluding hydrogens is 176 g/mol. The zero-order valence-corrected chi connectivity index (χ0v) is 8.29. The van der Waals surface area contributed by atoms with Crippen molar-refractivity contribution in [2.75, 3.05) is 13.6 Å². The monoisotopic (exact) mass is 188 g/mol. The summed E-state index contributed by atoms with van der Waals surface area (Å²) >= 11 is 0. The van der Waals surface area contributed by atoms with Crippen LogP contribution in [0.3, 0.4) is 0 Å². The van der Waals surface area contributed by atoms with Crippen molar-refractivity contribution in [1.82, 2.24) is 10.3 Å². The van der Waals surface area contributed by atoms with Crippen LogP contribution in [0.5, 0.6) is 0 Å². The van der Waals surface area contributed by atoms with E-state index in [-0.39, 0.29) is 5.78 Å². The molecule has 3 nitrogen and oxygen atoms in total. The van der Waals surface area contributed by atoms with Gasteiger partial charge in [0.1, 0.15) is 11.4 Å². The second-order valence-electron chi connectivity index (χ2n) is 2.80. The van der Waals surface area contributed by atoms with Crippen molar-refractivity contribution in [1.29, 1.82) is 0 Å². The Kier molecular flexibility index (Phi) is 3.84. The van der Waals surface area contributed by atoms with Gasteiger partial charge in [-0.1, -0.05) is 12.0 Å². The number of ketones is 1. The van der Waals surface area contributed by atoms with Crippen molar-refractivity contribution < 1.29 is 4.79 Å². The Morgan fingerprint density at radius 1 is 1.57 bits per heavy atom. The summed E-state index contributed by atoms with van der Waals surface area (Å²) < 4.78 is 0. The van der Waals surface area contributed by atoms with E-state index < -0.39 is 0 Å². The summed E-state index contributed by atoms with van der Waals surface area (Å²) in [4.78, 5) is 15.1. The number of rotatable bonds is 2. The summed E-state index contributed by atoms with van der Waals surface area (Å²) in [7, 11) is 1.83. The van der Waals surface area contributed by atoms with Crippen LogP contribution in [-0.4, -0.2) is 24.4 Å². The predicted octanol–water partition coefficient (Wildman–Crippen LogP) is 0.855. The molecule has 3 heteroatoms. The molecule has 0 aromatic carbocycles. The van der Waals surface area contributed by atoms with Crippen LogP contribution >= 0.6 is 0 Å². The molecular formula is C11H12N2O. The number of Topliss-reactive ketones (excluding diaryl/α,β-unsaturated/α-hetero) is 1. The second-order valence-corrected chi connectivity index (χ2v) is 2.80.